The molecule has 1 fully saturated rings. The van der Waals surface area contributed by atoms with Crippen LogP contribution in [0.5, 0.6) is 0 Å². The number of unbranched alkanes of at least 4 members (excludes halogenated alkanes) is 25. The van der Waals surface area contributed by atoms with E-state index in [2.05, 4.69) is 19.2 Å². The summed E-state index contributed by atoms with van der Waals surface area (Å²) in [6.45, 7) is 4.14. The van der Waals surface area contributed by atoms with Crippen molar-refractivity contribution in [2.24, 2.45) is 5.73 Å². The van der Waals surface area contributed by atoms with Gasteiger partial charge in [-0.3, -0.25) is 9.59 Å². The van der Waals surface area contributed by atoms with Crippen molar-refractivity contribution in [1.29, 1.82) is 0 Å². The lowest BCUT2D eigenvalue weighted by molar-refractivity contribution is -0.231. The molecule has 0 spiro atoms. The van der Waals surface area contributed by atoms with Gasteiger partial charge in [-0.25, -0.2) is 0 Å². The molecule has 2 amide bonds. The summed E-state index contributed by atoms with van der Waals surface area (Å²) in [7, 11) is 0. The van der Waals surface area contributed by atoms with Gasteiger partial charge in [-0.1, -0.05) is 174 Å². The van der Waals surface area contributed by atoms with Crippen molar-refractivity contribution in [3.05, 3.63) is 0 Å². The Kier molecular flexibility index (Phi) is 29.4. The van der Waals surface area contributed by atoms with Crippen molar-refractivity contribution < 1.29 is 29.6 Å². The second kappa shape index (κ2) is 31.5. The molecule has 9 heteroatoms. The Labute approximate surface area is 300 Å². The molecule has 1 aliphatic heterocycles. The second-order valence-electron chi connectivity index (χ2n) is 14.7. The number of amides is 2. The van der Waals surface area contributed by atoms with Gasteiger partial charge in [0.05, 0.1) is 13.2 Å². The quantitative estimate of drug-likeness (QED) is 0.0443. The fraction of sp³-hybridized carbons (Fsp3) is 0.950. The highest BCUT2D eigenvalue weighted by atomic mass is 16.5. The predicted molar refractivity (Wildman–Crippen MR) is 201 cm³/mol. The summed E-state index contributed by atoms with van der Waals surface area (Å²) in [4.78, 5) is 27.6. The highest BCUT2D eigenvalue weighted by Gasteiger charge is 2.48. The zero-order valence-corrected chi connectivity index (χ0v) is 31.9. The molecule has 1 heterocycles. The van der Waals surface area contributed by atoms with Crippen LogP contribution in [0.25, 0.3) is 0 Å². The summed E-state index contributed by atoms with van der Waals surface area (Å²) in [6.07, 6.45) is 28.8. The van der Waals surface area contributed by atoms with Crippen LogP contribution in [0.15, 0.2) is 0 Å². The van der Waals surface area contributed by atoms with Crippen LogP contribution < -0.4 is 11.1 Å². The summed E-state index contributed by atoms with van der Waals surface area (Å²) in [5.74, 6) is -0.595. The number of carbonyl (C=O) groups is 2. The molecule has 5 atom stereocenters. The van der Waals surface area contributed by atoms with Gasteiger partial charge >= 0.3 is 0 Å². The van der Waals surface area contributed by atoms with Crippen LogP contribution in [0, 0.1) is 0 Å². The van der Waals surface area contributed by atoms with Crippen molar-refractivity contribution in [2.45, 2.75) is 224 Å². The molecule has 0 radical (unpaired) electrons. The standard InChI is InChI=1S/C40H79N3O6/c1-3-5-7-9-11-13-15-17-18-19-20-22-24-26-28-30-36(46)43(31-29-27-25-23-21-16-14-12-10-8-6-4-2)40-37(42-35(45)32-41)39(48)38(47)34(33-44)49-40/h34,37-40,44,47-48H,3-33,41H2,1-2H3,(H,42,45)/t34-,37+,38-,39-,40-/m1/s1. The van der Waals surface area contributed by atoms with E-state index in [0.29, 0.717) is 13.0 Å². The molecule has 0 saturated carbocycles. The van der Waals surface area contributed by atoms with Gasteiger partial charge in [0.15, 0.2) is 6.23 Å². The first-order valence-electron chi connectivity index (χ1n) is 20.8. The van der Waals surface area contributed by atoms with E-state index in [9.17, 15) is 24.9 Å². The Hall–Kier alpha value is -1.26. The van der Waals surface area contributed by atoms with Crippen molar-refractivity contribution in [1.82, 2.24) is 10.2 Å². The van der Waals surface area contributed by atoms with E-state index in [0.717, 1.165) is 38.5 Å². The number of hydrogen-bond acceptors (Lipinski definition) is 7. The van der Waals surface area contributed by atoms with E-state index in [4.69, 9.17) is 10.5 Å². The molecule has 290 valence electrons. The van der Waals surface area contributed by atoms with Gasteiger partial charge < -0.3 is 36.0 Å². The monoisotopic (exact) mass is 698 g/mol. The van der Waals surface area contributed by atoms with Crippen molar-refractivity contribution in [3.8, 4) is 0 Å². The third-order valence-corrected chi connectivity index (χ3v) is 10.3. The SMILES string of the molecule is CCCCCCCCCCCCCCCCCC(=O)N(CCCCCCCCCCCCCC)[C@@H]1O[C@H](CO)[C@@H](O)[C@H](O)[C@@H]1NC(=O)CN. The smallest absolute Gasteiger partial charge is 0.234 e. The van der Waals surface area contributed by atoms with E-state index in [-0.39, 0.29) is 12.5 Å². The minimum atomic E-state index is -1.41. The lowest BCUT2D eigenvalue weighted by atomic mass is 9.94. The summed E-state index contributed by atoms with van der Waals surface area (Å²) in [5, 5.41) is 34.0. The predicted octanol–water partition coefficient (Wildman–Crippen LogP) is 7.66. The summed E-state index contributed by atoms with van der Waals surface area (Å²) in [5.41, 5.74) is 5.54. The third kappa shape index (κ3) is 21.6. The average Bonchev–Trinajstić information content (AvgIpc) is 3.10. The van der Waals surface area contributed by atoms with Crippen LogP contribution >= 0.6 is 0 Å². The first-order valence-corrected chi connectivity index (χ1v) is 20.8. The van der Waals surface area contributed by atoms with Gasteiger partial charge in [-0.05, 0) is 12.8 Å². The van der Waals surface area contributed by atoms with Gasteiger partial charge in [-0.15, -0.1) is 0 Å². The molecule has 0 bridgehead atoms. The molecule has 0 aromatic heterocycles. The second-order valence-corrected chi connectivity index (χ2v) is 14.7. The number of nitrogens with one attached hydrogen (secondary N) is 1. The molecule has 0 unspecified atom stereocenters. The number of nitrogens with zero attached hydrogens (tertiary/aromatic N) is 1. The number of aliphatic hydroxyl groups is 3. The van der Waals surface area contributed by atoms with Crippen LogP contribution in [-0.2, 0) is 14.3 Å². The summed E-state index contributed by atoms with van der Waals surface area (Å²) >= 11 is 0. The van der Waals surface area contributed by atoms with E-state index in [1.165, 1.54) is 135 Å². The number of ether oxygens (including phenoxy) is 1. The third-order valence-electron chi connectivity index (χ3n) is 10.3. The molecule has 9 nitrogen and oxygen atoms in total. The van der Waals surface area contributed by atoms with Crippen molar-refractivity contribution in [2.75, 3.05) is 19.7 Å². The molecule has 0 aromatic carbocycles. The minimum absolute atomic E-state index is 0.0879. The van der Waals surface area contributed by atoms with Crippen LogP contribution in [-0.4, -0.2) is 82.3 Å². The average molecular weight is 698 g/mol. The number of nitrogens with two attached hydrogens (primary N) is 1. The fourth-order valence-corrected chi connectivity index (χ4v) is 7.07. The van der Waals surface area contributed by atoms with Crippen LogP contribution in [0.3, 0.4) is 0 Å². The molecule has 1 aliphatic rings. The molecular weight excluding hydrogens is 618 g/mol. The van der Waals surface area contributed by atoms with Crippen LogP contribution in [0.2, 0.25) is 0 Å². The van der Waals surface area contributed by atoms with Gasteiger partial charge in [0.25, 0.3) is 0 Å². The Morgan fingerprint density at radius 1 is 0.612 bits per heavy atom. The van der Waals surface area contributed by atoms with Gasteiger partial charge in [0.1, 0.15) is 24.4 Å². The molecular formula is C40H79N3O6. The van der Waals surface area contributed by atoms with E-state index < -0.39 is 43.1 Å². The van der Waals surface area contributed by atoms with Crippen molar-refractivity contribution in [3.63, 3.8) is 0 Å². The Bertz CT molecular complexity index is 787. The normalized spacial score (nSPS) is 20.8. The van der Waals surface area contributed by atoms with Crippen LogP contribution in [0.4, 0.5) is 0 Å². The number of carbonyl (C=O) groups excluding carboxylic acids is 2. The Balaban J connectivity index is 2.54. The molecule has 0 aliphatic carbocycles. The Morgan fingerprint density at radius 3 is 1.39 bits per heavy atom. The zero-order valence-electron chi connectivity index (χ0n) is 31.9. The van der Waals surface area contributed by atoms with Gasteiger partial charge in [-0.2, -0.15) is 0 Å². The first-order chi connectivity index (χ1) is 23.9. The molecule has 1 saturated heterocycles. The fourth-order valence-electron chi connectivity index (χ4n) is 7.07. The van der Waals surface area contributed by atoms with E-state index >= 15 is 0 Å². The van der Waals surface area contributed by atoms with E-state index in [1.54, 1.807) is 4.90 Å². The number of rotatable bonds is 33. The molecule has 0 aromatic rings. The highest BCUT2D eigenvalue weighted by Crippen LogP contribution is 2.26. The number of aliphatic hydroxyl groups excluding tert-OH is 3. The maximum atomic E-state index is 13.7. The molecule has 49 heavy (non-hydrogen) atoms. The number of hydrogen-bond donors (Lipinski definition) is 5. The molecule has 1 rings (SSSR count). The lowest BCUT2D eigenvalue weighted by Gasteiger charge is -2.46. The topological polar surface area (TPSA) is 145 Å². The maximum absolute atomic E-state index is 13.7. The van der Waals surface area contributed by atoms with Crippen molar-refractivity contribution >= 4 is 11.8 Å². The van der Waals surface area contributed by atoms with Crippen LogP contribution in [0.1, 0.15) is 194 Å². The zero-order chi connectivity index (χ0) is 36.0. The largest absolute Gasteiger partial charge is 0.394 e. The first kappa shape index (κ1) is 45.8. The van der Waals surface area contributed by atoms with Gasteiger partial charge in [0, 0.05) is 13.0 Å². The van der Waals surface area contributed by atoms with Gasteiger partial charge in [0.2, 0.25) is 11.8 Å². The minimum Gasteiger partial charge on any atom is -0.394 e. The lowest BCUT2D eigenvalue weighted by Crippen LogP contribution is -2.69. The molecule has 6 N–H and O–H groups in total. The van der Waals surface area contributed by atoms with E-state index in [1.807, 2.05) is 0 Å². The summed E-state index contributed by atoms with van der Waals surface area (Å²) < 4.78 is 6.04. The maximum Gasteiger partial charge on any atom is 0.234 e. The Morgan fingerprint density at radius 2 is 1.00 bits per heavy atom. The highest BCUT2D eigenvalue weighted by molar-refractivity contribution is 5.79. The summed E-state index contributed by atoms with van der Waals surface area (Å²) in [6, 6.07) is -1.05.